The van der Waals surface area contributed by atoms with Gasteiger partial charge in [-0.15, -0.1) is 0 Å². The lowest BCUT2D eigenvalue weighted by molar-refractivity contribution is -0.140. The van der Waals surface area contributed by atoms with Gasteiger partial charge in [0.1, 0.15) is 12.3 Å². The molecule has 1 fully saturated rings. The van der Waals surface area contributed by atoms with Crippen LogP contribution in [0.2, 0.25) is 0 Å². The van der Waals surface area contributed by atoms with Gasteiger partial charge in [0.25, 0.3) is 0 Å². The largest absolute Gasteiger partial charge is 0.495 e. The predicted molar refractivity (Wildman–Crippen MR) is 137 cm³/mol. The number of aromatic nitrogens is 1. The van der Waals surface area contributed by atoms with Crippen molar-refractivity contribution in [1.29, 1.82) is 0 Å². The van der Waals surface area contributed by atoms with Crippen molar-refractivity contribution in [1.82, 2.24) is 9.88 Å². The Labute approximate surface area is 213 Å². The standard InChI is InChI=1S/C25H28F3N5O3S/c1-36-24-15-19(37(29,34)35)7-8-22(24)31-11-3-4-18-14-20-21(32-17-9-12-30-13-10-17)5-2-6-23(20)33(18)16-25(26,27)28/h2,5-8,14-15,17,30-32H,9-13,16H2,1H3,(H2,29,34,35). The Kier molecular flexibility index (Phi) is 7.87. The first kappa shape index (κ1) is 26.7. The first-order valence-electron chi connectivity index (χ1n) is 11.6. The molecule has 0 unspecified atom stereocenters. The summed E-state index contributed by atoms with van der Waals surface area (Å²) >= 11 is 0. The minimum atomic E-state index is -4.42. The number of piperidine rings is 1. The second kappa shape index (κ2) is 10.9. The van der Waals surface area contributed by atoms with Gasteiger partial charge >= 0.3 is 6.18 Å². The van der Waals surface area contributed by atoms with Gasteiger partial charge in [0.05, 0.1) is 35.4 Å². The normalized spacial score (nSPS) is 14.7. The van der Waals surface area contributed by atoms with E-state index in [0.29, 0.717) is 16.6 Å². The minimum Gasteiger partial charge on any atom is -0.495 e. The minimum absolute atomic E-state index is 0.0821. The second-order valence-corrected chi connectivity index (χ2v) is 10.3. The molecular weight excluding hydrogens is 507 g/mol. The van der Waals surface area contributed by atoms with E-state index < -0.39 is 22.7 Å². The van der Waals surface area contributed by atoms with Crippen LogP contribution in [0.5, 0.6) is 5.75 Å². The number of methoxy groups -OCH3 is 1. The summed E-state index contributed by atoms with van der Waals surface area (Å²) in [6, 6.07) is 11.3. The summed E-state index contributed by atoms with van der Waals surface area (Å²) < 4.78 is 69.8. The molecular formula is C25H28F3N5O3S. The second-order valence-electron chi connectivity index (χ2n) is 8.70. The number of halogens is 3. The van der Waals surface area contributed by atoms with Crippen LogP contribution in [0.1, 0.15) is 18.5 Å². The van der Waals surface area contributed by atoms with Gasteiger partial charge in [-0.2, -0.15) is 13.2 Å². The highest BCUT2D eigenvalue weighted by Gasteiger charge is 2.30. The van der Waals surface area contributed by atoms with Crippen molar-refractivity contribution >= 4 is 32.3 Å². The first-order valence-corrected chi connectivity index (χ1v) is 13.2. The summed E-state index contributed by atoms with van der Waals surface area (Å²) in [7, 11) is -2.52. The van der Waals surface area contributed by atoms with Gasteiger partial charge in [-0.3, -0.25) is 0 Å². The SMILES string of the molecule is COc1cc(S(N)(=O)=O)ccc1NCC#Cc1cc2c(NC3CCNCC3)cccc2n1CC(F)(F)F. The van der Waals surface area contributed by atoms with Gasteiger partial charge in [-0.25, -0.2) is 13.6 Å². The fourth-order valence-corrected chi connectivity index (χ4v) is 4.85. The molecule has 8 nitrogen and oxygen atoms in total. The van der Waals surface area contributed by atoms with E-state index in [4.69, 9.17) is 9.88 Å². The van der Waals surface area contributed by atoms with Crippen LogP contribution in [0.4, 0.5) is 24.5 Å². The maximum Gasteiger partial charge on any atom is 0.406 e. The van der Waals surface area contributed by atoms with E-state index in [1.807, 2.05) is 6.07 Å². The summed E-state index contributed by atoms with van der Waals surface area (Å²) in [5.74, 6) is 5.96. The number of alkyl halides is 3. The smallest absolute Gasteiger partial charge is 0.406 e. The van der Waals surface area contributed by atoms with Crippen LogP contribution in [0.25, 0.3) is 10.9 Å². The number of nitrogens with one attached hydrogen (secondary N) is 3. The molecule has 0 radical (unpaired) electrons. The van der Waals surface area contributed by atoms with Crippen molar-refractivity contribution in [3.8, 4) is 17.6 Å². The number of nitrogens with two attached hydrogens (primary N) is 1. The Bertz CT molecular complexity index is 1440. The molecule has 1 aromatic heterocycles. The maximum absolute atomic E-state index is 13.4. The average Bonchev–Trinajstić information content (AvgIpc) is 3.18. The van der Waals surface area contributed by atoms with E-state index in [9.17, 15) is 21.6 Å². The van der Waals surface area contributed by atoms with Crippen molar-refractivity contribution in [2.45, 2.75) is 36.5 Å². The molecule has 0 bridgehead atoms. The average molecular weight is 536 g/mol. The summed E-state index contributed by atoms with van der Waals surface area (Å²) in [5.41, 5.74) is 1.94. The maximum atomic E-state index is 13.4. The topological polar surface area (TPSA) is 110 Å². The van der Waals surface area contributed by atoms with E-state index >= 15 is 0 Å². The number of sulfonamides is 1. The Balaban J connectivity index is 1.60. The zero-order valence-electron chi connectivity index (χ0n) is 20.2. The number of rotatable bonds is 7. The molecule has 0 saturated carbocycles. The molecule has 198 valence electrons. The number of fused-ring (bicyclic) bond motifs is 1. The van der Waals surface area contributed by atoms with E-state index in [2.05, 4.69) is 27.8 Å². The Morgan fingerprint density at radius 2 is 1.92 bits per heavy atom. The van der Waals surface area contributed by atoms with Crippen molar-refractivity contribution in [3.63, 3.8) is 0 Å². The van der Waals surface area contributed by atoms with Crippen LogP contribution in [-0.4, -0.2) is 51.9 Å². The highest BCUT2D eigenvalue weighted by atomic mass is 32.2. The molecule has 37 heavy (non-hydrogen) atoms. The number of hydrogen-bond acceptors (Lipinski definition) is 6. The Morgan fingerprint density at radius 3 is 2.59 bits per heavy atom. The summed E-state index contributed by atoms with van der Waals surface area (Å²) in [4.78, 5) is -0.105. The van der Waals surface area contributed by atoms with Crippen LogP contribution >= 0.6 is 0 Å². The van der Waals surface area contributed by atoms with Crippen LogP contribution in [-0.2, 0) is 16.6 Å². The van der Waals surface area contributed by atoms with Gasteiger partial charge in [0.15, 0.2) is 0 Å². The number of nitrogens with zero attached hydrogens (tertiary/aromatic N) is 1. The van der Waals surface area contributed by atoms with Crippen LogP contribution in [0.3, 0.4) is 0 Å². The Morgan fingerprint density at radius 1 is 1.16 bits per heavy atom. The monoisotopic (exact) mass is 535 g/mol. The van der Waals surface area contributed by atoms with Crippen LogP contribution in [0.15, 0.2) is 47.4 Å². The molecule has 2 heterocycles. The molecule has 0 spiro atoms. The van der Waals surface area contributed by atoms with Crippen molar-refractivity contribution < 1.29 is 26.3 Å². The number of benzene rings is 2. The lowest BCUT2D eigenvalue weighted by Gasteiger charge is -2.25. The fraction of sp³-hybridized carbons (Fsp3) is 0.360. The molecule has 1 aliphatic heterocycles. The zero-order valence-corrected chi connectivity index (χ0v) is 21.0. The number of hydrogen-bond donors (Lipinski definition) is 4. The van der Waals surface area contributed by atoms with Crippen LogP contribution < -0.4 is 25.8 Å². The molecule has 1 aliphatic rings. The number of anilines is 2. The number of primary sulfonamides is 1. The fourth-order valence-electron chi connectivity index (χ4n) is 4.32. The first-order chi connectivity index (χ1) is 17.5. The molecule has 4 rings (SSSR count). The van der Waals surface area contributed by atoms with Gasteiger partial charge in [-0.1, -0.05) is 12.0 Å². The Hall–Kier alpha value is -3.40. The van der Waals surface area contributed by atoms with Gasteiger partial charge < -0.3 is 25.3 Å². The molecule has 2 aromatic carbocycles. The van der Waals surface area contributed by atoms with Crippen molar-refractivity contribution in [3.05, 3.63) is 48.2 Å². The lowest BCUT2D eigenvalue weighted by atomic mass is 10.1. The zero-order chi connectivity index (χ0) is 26.6. The van der Waals surface area contributed by atoms with Crippen LogP contribution in [0, 0.1) is 11.8 Å². The molecule has 0 aliphatic carbocycles. The third-order valence-corrected chi connectivity index (χ3v) is 6.98. The molecule has 5 N–H and O–H groups in total. The lowest BCUT2D eigenvalue weighted by Crippen LogP contribution is -2.35. The van der Waals surface area contributed by atoms with Gasteiger partial charge in [-0.05, 0) is 62.2 Å². The van der Waals surface area contributed by atoms with Gasteiger partial charge in [0, 0.05) is 23.2 Å². The molecule has 1 saturated heterocycles. The van der Waals surface area contributed by atoms with Crippen molar-refractivity contribution in [2.24, 2.45) is 5.14 Å². The highest BCUT2D eigenvalue weighted by Crippen LogP contribution is 2.31. The highest BCUT2D eigenvalue weighted by molar-refractivity contribution is 7.89. The third-order valence-electron chi connectivity index (χ3n) is 6.07. The summed E-state index contributed by atoms with van der Waals surface area (Å²) in [5, 5.41) is 15.6. The molecule has 3 aromatic rings. The summed E-state index contributed by atoms with van der Waals surface area (Å²) in [6.07, 6.45) is -2.56. The van der Waals surface area contributed by atoms with Crippen molar-refractivity contribution in [2.75, 3.05) is 37.4 Å². The quantitative estimate of drug-likeness (QED) is 0.345. The third kappa shape index (κ3) is 6.68. The molecule has 0 atom stereocenters. The van der Waals surface area contributed by atoms with E-state index in [0.717, 1.165) is 31.6 Å². The summed E-state index contributed by atoms with van der Waals surface area (Å²) in [6.45, 7) is 0.705. The van der Waals surface area contributed by atoms with Gasteiger partial charge in [0.2, 0.25) is 10.0 Å². The van der Waals surface area contributed by atoms with E-state index in [1.165, 1.54) is 29.9 Å². The molecule has 0 amide bonds. The predicted octanol–water partition coefficient (Wildman–Crippen LogP) is 3.49. The van der Waals surface area contributed by atoms with E-state index in [-0.39, 0.29) is 28.9 Å². The van der Waals surface area contributed by atoms with E-state index in [1.54, 1.807) is 18.2 Å². The molecule has 12 heteroatoms. The number of ether oxygens (including phenoxy) is 1.